The lowest BCUT2D eigenvalue weighted by atomic mass is 10.0. The van der Waals surface area contributed by atoms with Gasteiger partial charge in [-0.1, -0.05) is 12.1 Å². The van der Waals surface area contributed by atoms with E-state index in [1.165, 1.54) is 12.1 Å². The van der Waals surface area contributed by atoms with Crippen molar-refractivity contribution in [3.63, 3.8) is 0 Å². The number of nitrogens with zero attached hydrogens (tertiary/aromatic N) is 2. The van der Waals surface area contributed by atoms with E-state index in [1.54, 1.807) is 7.05 Å². The number of nitrogens with one attached hydrogen (secondary N) is 2. The summed E-state index contributed by atoms with van der Waals surface area (Å²) in [6.07, 6.45) is 0. The van der Waals surface area contributed by atoms with Gasteiger partial charge in [-0.2, -0.15) is 0 Å². The van der Waals surface area contributed by atoms with Crippen molar-refractivity contribution in [3.8, 4) is 0 Å². The Bertz CT molecular complexity index is 782. The fraction of sp³-hybridized carbons (Fsp3) is 0.476. The Hall–Kier alpha value is -2.38. The minimum atomic E-state index is -0.222. The molecule has 1 unspecified atom stereocenters. The quantitative estimate of drug-likeness (QED) is 0.589. The molecule has 1 aliphatic heterocycles. The van der Waals surface area contributed by atoms with Crippen molar-refractivity contribution in [2.75, 3.05) is 39.9 Å². The smallest absolute Gasteiger partial charge is 0.191 e. The molecule has 1 fully saturated rings. The second-order valence-corrected chi connectivity index (χ2v) is 6.96. The molecular formula is C21H29FN4O2. The minimum Gasteiger partial charge on any atom is -0.466 e. The topological polar surface area (TPSA) is 62.0 Å². The van der Waals surface area contributed by atoms with Gasteiger partial charge in [0.1, 0.15) is 17.3 Å². The molecule has 2 aromatic rings. The van der Waals surface area contributed by atoms with Gasteiger partial charge < -0.3 is 19.8 Å². The normalized spacial score (nSPS) is 16.8. The highest BCUT2D eigenvalue weighted by atomic mass is 19.1. The van der Waals surface area contributed by atoms with Gasteiger partial charge in [-0.25, -0.2) is 4.39 Å². The number of aryl methyl sites for hydroxylation is 2. The second kappa shape index (κ2) is 9.71. The average Bonchev–Trinajstić information content (AvgIpc) is 3.03. The number of aliphatic imine (C=N–C) groups is 1. The van der Waals surface area contributed by atoms with Gasteiger partial charge in [0.15, 0.2) is 5.96 Å². The maximum absolute atomic E-state index is 13.4. The molecule has 1 aromatic carbocycles. The Balaban J connectivity index is 1.63. The molecular weight excluding hydrogens is 359 g/mol. The molecule has 0 aliphatic carbocycles. The highest BCUT2D eigenvalue weighted by Gasteiger charge is 2.23. The number of rotatable bonds is 6. The maximum Gasteiger partial charge on any atom is 0.191 e. The third kappa shape index (κ3) is 5.33. The summed E-state index contributed by atoms with van der Waals surface area (Å²) in [4.78, 5) is 6.69. The molecule has 1 saturated heterocycles. The Morgan fingerprint density at radius 2 is 1.89 bits per heavy atom. The van der Waals surface area contributed by atoms with Gasteiger partial charge in [0.05, 0.1) is 19.3 Å². The van der Waals surface area contributed by atoms with Crippen LogP contribution < -0.4 is 10.6 Å². The number of halogens is 1. The fourth-order valence-corrected chi connectivity index (χ4v) is 3.48. The van der Waals surface area contributed by atoms with Gasteiger partial charge in [0.25, 0.3) is 0 Å². The fourth-order valence-electron chi connectivity index (χ4n) is 3.48. The lowest BCUT2D eigenvalue weighted by molar-refractivity contribution is 0.0170. The van der Waals surface area contributed by atoms with Gasteiger partial charge in [-0.15, -0.1) is 0 Å². The van der Waals surface area contributed by atoms with Crippen LogP contribution in [0.3, 0.4) is 0 Å². The SMILES string of the molecule is CN=C(NCc1cc(C)oc1C)NCC(c1ccc(F)cc1)N1CCOCC1. The van der Waals surface area contributed by atoms with Crippen LogP contribution in [0.2, 0.25) is 0 Å². The van der Waals surface area contributed by atoms with Crippen LogP contribution in [-0.4, -0.2) is 50.8 Å². The number of guanidine groups is 1. The summed E-state index contributed by atoms with van der Waals surface area (Å²) < 4.78 is 24.4. The summed E-state index contributed by atoms with van der Waals surface area (Å²) in [6, 6.07) is 8.88. The first-order valence-corrected chi connectivity index (χ1v) is 9.64. The molecule has 6 nitrogen and oxygen atoms in total. The summed E-state index contributed by atoms with van der Waals surface area (Å²) in [6.45, 7) is 8.33. The molecule has 1 aliphatic rings. The van der Waals surface area contributed by atoms with Gasteiger partial charge in [-0.05, 0) is 37.6 Å². The average molecular weight is 388 g/mol. The first-order chi connectivity index (χ1) is 13.6. The zero-order valence-corrected chi connectivity index (χ0v) is 16.8. The molecule has 0 radical (unpaired) electrons. The lowest BCUT2D eigenvalue weighted by Gasteiger charge is -2.35. The van der Waals surface area contributed by atoms with Crippen LogP contribution in [0.5, 0.6) is 0 Å². The van der Waals surface area contributed by atoms with E-state index in [4.69, 9.17) is 9.15 Å². The van der Waals surface area contributed by atoms with Crippen LogP contribution in [0.4, 0.5) is 4.39 Å². The summed E-state index contributed by atoms with van der Waals surface area (Å²) in [5, 5.41) is 6.74. The number of benzene rings is 1. The maximum atomic E-state index is 13.4. The van der Waals surface area contributed by atoms with Crippen molar-refractivity contribution in [1.29, 1.82) is 0 Å². The van der Waals surface area contributed by atoms with Gasteiger partial charge in [0.2, 0.25) is 0 Å². The van der Waals surface area contributed by atoms with Crippen molar-refractivity contribution in [2.45, 2.75) is 26.4 Å². The molecule has 0 spiro atoms. The Morgan fingerprint density at radius 1 is 1.18 bits per heavy atom. The van der Waals surface area contributed by atoms with Crippen molar-refractivity contribution in [1.82, 2.24) is 15.5 Å². The molecule has 2 N–H and O–H groups in total. The van der Waals surface area contributed by atoms with E-state index in [1.807, 2.05) is 32.0 Å². The van der Waals surface area contributed by atoms with Crippen LogP contribution in [-0.2, 0) is 11.3 Å². The molecule has 3 rings (SSSR count). The Morgan fingerprint density at radius 3 is 2.50 bits per heavy atom. The van der Waals surface area contributed by atoms with Crippen LogP contribution in [0.25, 0.3) is 0 Å². The molecule has 7 heteroatoms. The van der Waals surface area contributed by atoms with E-state index in [9.17, 15) is 4.39 Å². The summed E-state index contributed by atoms with van der Waals surface area (Å²) in [5.74, 6) is 2.32. The number of hydrogen-bond acceptors (Lipinski definition) is 4. The molecule has 1 aromatic heterocycles. The van der Waals surface area contributed by atoms with E-state index < -0.39 is 0 Å². The molecule has 152 valence electrons. The summed E-state index contributed by atoms with van der Waals surface area (Å²) in [5.41, 5.74) is 2.19. The second-order valence-electron chi connectivity index (χ2n) is 6.96. The molecule has 1 atom stereocenters. The first-order valence-electron chi connectivity index (χ1n) is 9.64. The molecule has 0 amide bonds. The minimum absolute atomic E-state index is 0.112. The monoisotopic (exact) mass is 388 g/mol. The molecule has 0 saturated carbocycles. The Kier molecular flexibility index (Phi) is 7.06. The number of hydrogen-bond donors (Lipinski definition) is 2. The van der Waals surface area contributed by atoms with Gasteiger partial charge in [-0.3, -0.25) is 9.89 Å². The molecule has 0 bridgehead atoms. The van der Waals surface area contributed by atoms with E-state index in [0.29, 0.717) is 26.3 Å². The predicted octanol–water partition coefficient (Wildman–Crippen LogP) is 2.77. The largest absolute Gasteiger partial charge is 0.466 e. The zero-order valence-electron chi connectivity index (χ0n) is 16.8. The molecule has 28 heavy (non-hydrogen) atoms. The van der Waals surface area contributed by atoms with Crippen molar-refractivity contribution >= 4 is 5.96 Å². The van der Waals surface area contributed by atoms with Gasteiger partial charge >= 0.3 is 0 Å². The van der Waals surface area contributed by atoms with Crippen molar-refractivity contribution in [3.05, 3.63) is 58.8 Å². The number of furan rings is 1. The third-order valence-electron chi connectivity index (χ3n) is 5.02. The van der Waals surface area contributed by atoms with Gasteiger partial charge in [0, 0.05) is 38.8 Å². The van der Waals surface area contributed by atoms with Crippen LogP contribution in [0.1, 0.15) is 28.7 Å². The van der Waals surface area contributed by atoms with Crippen molar-refractivity contribution in [2.24, 2.45) is 4.99 Å². The highest BCUT2D eigenvalue weighted by Crippen LogP contribution is 2.21. The number of ether oxygens (including phenoxy) is 1. The van der Waals surface area contributed by atoms with Crippen LogP contribution in [0, 0.1) is 19.7 Å². The summed E-state index contributed by atoms with van der Waals surface area (Å²) in [7, 11) is 1.75. The first kappa shape index (κ1) is 20.4. The molecule has 2 heterocycles. The highest BCUT2D eigenvalue weighted by molar-refractivity contribution is 5.79. The van der Waals surface area contributed by atoms with E-state index in [2.05, 4.69) is 20.5 Å². The van der Waals surface area contributed by atoms with E-state index in [0.717, 1.165) is 41.7 Å². The third-order valence-corrected chi connectivity index (χ3v) is 5.02. The number of morpholine rings is 1. The van der Waals surface area contributed by atoms with E-state index >= 15 is 0 Å². The standard InChI is InChI=1S/C21H29FN4O2/c1-15-12-18(16(2)28-15)13-24-21(23-3)25-14-20(26-8-10-27-11-9-26)17-4-6-19(22)7-5-17/h4-7,12,20H,8-11,13-14H2,1-3H3,(H2,23,24,25). The summed E-state index contributed by atoms with van der Waals surface area (Å²) >= 11 is 0. The predicted molar refractivity (Wildman–Crippen MR) is 108 cm³/mol. The van der Waals surface area contributed by atoms with Crippen molar-refractivity contribution < 1.29 is 13.5 Å². The zero-order chi connectivity index (χ0) is 19.9. The van der Waals surface area contributed by atoms with Crippen LogP contribution in [0.15, 0.2) is 39.7 Å². The Labute approximate surface area is 165 Å². The van der Waals surface area contributed by atoms with Crippen LogP contribution >= 0.6 is 0 Å². The lowest BCUT2D eigenvalue weighted by Crippen LogP contribution is -2.46. The van der Waals surface area contributed by atoms with E-state index in [-0.39, 0.29) is 11.9 Å².